The van der Waals surface area contributed by atoms with Crippen LogP contribution in [0, 0.1) is 0 Å². The third-order valence-electron chi connectivity index (χ3n) is 4.17. The maximum absolute atomic E-state index is 12.7. The molecule has 25 heavy (non-hydrogen) atoms. The molecular weight excluding hydrogens is 344 g/mol. The topological polar surface area (TPSA) is 95.0 Å². The number of hydrogen-bond donors (Lipinski definition) is 1. The number of rotatable bonds is 8. The third kappa shape index (κ3) is 5.02. The summed E-state index contributed by atoms with van der Waals surface area (Å²) >= 11 is 0. The van der Waals surface area contributed by atoms with E-state index in [-0.39, 0.29) is 22.5 Å². The second kappa shape index (κ2) is 8.44. The van der Waals surface area contributed by atoms with Crippen molar-refractivity contribution in [3.05, 3.63) is 29.8 Å². The van der Waals surface area contributed by atoms with Crippen LogP contribution in [0.4, 0.5) is 0 Å². The van der Waals surface area contributed by atoms with Gasteiger partial charge >= 0.3 is 5.97 Å². The molecule has 0 aliphatic rings. The van der Waals surface area contributed by atoms with Crippen molar-refractivity contribution >= 4 is 21.9 Å². The van der Waals surface area contributed by atoms with Gasteiger partial charge in [0.25, 0.3) is 5.91 Å². The van der Waals surface area contributed by atoms with Gasteiger partial charge in [0.1, 0.15) is 6.54 Å². The minimum Gasteiger partial charge on any atom is -0.480 e. The Morgan fingerprint density at radius 3 is 2.28 bits per heavy atom. The second-order valence-corrected chi connectivity index (χ2v) is 8.22. The molecule has 0 bridgehead atoms. The molecule has 0 radical (unpaired) electrons. The van der Waals surface area contributed by atoms with Crippen molar-refractivity contribution < 1.29 is 23.1 Å². The summed E-state index contributed by atoms with van der Waals surface area (Å²) < 4.78 is 26.4. The fourth-order valence-electron chi connectivity index (χ4n) is 2.19. The zero-order valence-electron chi connectivity index (χ0n) is 15.3. The predicted octanol–water partition coefficient (Wildman–Crippen LogP) is 2.04. The number of nitrogens with zero attached hydrogens (tertiary/aromatic N) is 2. The fraction of sp³-hybridized carbons (Fsp3) is 0.529. The van der Waals surface area contributed by atoms with E-state index in [2.05, 4.69) is 0 Å². The summed E-state index contributed by atoms with van der Waals surface area (Å²) in [5.74, 6) is -1.61. The Labute approximate surface area is 149 Å². The first-order chi connectivity index (χ1) is 11.5. The lowest BCUT2D eigenvalue weighted by atomic mass is 10.1. The maximum Gasteiger partial charge on any atom is 0.323 e. The lowest BCUT2D eigenvalue weighted by Gasteiger charge is -2.27. The summed E-state index contributed by atoms with van der Waals surface area (Å²) in [6, 6.07) is 5.21. The van der Waals surface area contributed by atoms with Gasteiger partial charge in [0, 0.05) is 24.7 Å². The number of carboxylic acid groups (broad SMARTS) is 1. The highest BCUT2D eigenvalue weighted by molar-refractivity contribution is 7.89. The number of carbonyl (C=O) groups excluding carboxylic acids is 1. The van der Waals surface area contributed by atoms with E-state index in [1.807, 2.05) is 6.92 Å². The molecule has 0 saturated carbocycles. The molecule has 1 rings (SSSR count). The van der Waals surface area contributed by atoms with Crippen LogP contribution in [0.3, 0.4) is 0 Å². The van der Waals surface area contributed by atoms with Crippen LogP contribution in [0.15, 0.2) is 29.2 Å². The molecule has 1 aromatic rings. The van der Waals surface area contributed by atoms with Gasteiger partial charge in [-0.2, -0.15) is 4.31 Å². The molecule has 0 aromatic heterocycles. The van der Waals surface area contributed by atoms with Crippen LogP contribution in [-0.4, -0.2) is 60.3 Å². The Hall–Kier alpha value is -1.93. The summed E-state index contributed by atoms with van der Waals surface area (Å²) in [7, 11) is -2.25. The first-order valence-electron chi connectivity index (χ1n) is 8.13. The minimum atomic E-state index is -3.72. The zero-order chi connectivity index (χ0) is 19.4. The van der Waals surface area contributed by atoms with Crippen molar-refractivity contribution in [3.8, 4) is 0 Å². The van der Waals surface area contributed by atoms with Crippen molar-refractivity contribution in [2.24, 2.45) is 0 Å². The zero-order valence-corrected chi connectivity index (χ0v) is 16.1. The highest BCUT2D eigenvalue weighted by Gasteiger charge is 2.26. The van der Waals surface area contributed by atoms with Crippen LogP contribution in [0.1, 0.15) is 44.5 Å². The number of carbonyl (C=O) groups is 2. The highest BCUT2D eigenvalue weighted by Crippen LogP contribution is 2.19. The molecule has 0 fully saturated rings. The van der Waals surface area contributed by atoms with E-state index in [9.17, 15) is 18.0 Å². The molecule has 0 saturated heterocycles. The smallest absolute Gasteiger partial charge is 0.323 e. The third-order valence-corrected chi connectivity index (χ3v) is 6.20. The van der Waals surface area contributed by atoms with Crippen molar-refractivity contribution in [2.75, 3.05) is 13.6 Å². The molecule has 1 unspecified atom stereocenters. The van der Waals surface area contributed by atoms with Gasteiger partial charge < -0.3 is 10.0 Å². The Bertz CT molecular complexity index is 730. The van der Waals surface area contributed by atoms with E-state index in [4.69, 9.17) is 5.11 Å². The Kier molecular flexibility index (Phi) is 7.13. The number of carboxylic acids is 1. The number of sulfonamides is 1. The van der Waals surface area contributed by atoms with Gasteiger partial charge in [0.15, 0.2) is 0 Å². The van der Waals surface area contributed by atoms with Gasteiger partial charge in [0.2, 0.25) is 10.0 Å². The molecule has 1 N–H and O–H groups in total. The van der Waals surface area contributed by atoms with Crippen LogP contribution in [-0.2, 0) is 14.8 Å². The first kappa shape index (κ1) is 21.1. The van der Waals surface area contributed by atoms with Crippen LogP contribution >= 0.6 is 0 Å². The average molecular weight is 370 g/mol. The fourth-order valence-corrected chi connectivity index (χ4v) is 3.61. The normalized spacial score (nSPS) is 13.1. The van der Waals surface area contributed by atoms with E-state index in [0.29, 0.717) is 6.42 Å². The monoisotopic (exact) mass is 370 g/mol. The number of amides is 1. The van der Waals surface area contributed by atoms with Crippen LogP contribution < -0.4 is 0 Å². The number of aliphatic carboxylic acids is 1. The molecule has 0 aliphatic carbocycles. The summed E-state index contributed by atoms with van der Waals surface area (Å²) in [6.07, 6.45) is 0.590. The van der Waals surface area contributed by atoms with Crippen LogP contribution in [0.5, 0.6) is 0 Å². The number of hydrogen-bond acceptors (Lipinski definition) is 4. The molecule has 1 aromatic carbocycles. The van der Waals surface area contributed by atoms with Crippen molar-refractivity contribution in [1.29, 1.82) is 0 Å². The second-order valence-electron chi connectivity index (χ2n) is 6.23. The molecule has 0 spiro atoms. The molecule has 8 heteroatoms. The SMILES string of the molecule is CCC(C)N(CC(=O)O)C(=O)c1cccc(S(=O)(=O)N(C)C(C)C)c1. The van der Waals surface area contributed by atoms with Gasteiger partial charge in [-0.1, -0.05) is 13.0 Å². The van der Waals surface area contributed by atoms with Gasteiger partial charge in [0.05, 0.1) is 4.90 Å². The number of benzene rings is 1. The van der Waals surface area contributed by atoms with Crippen LogP contribution in [0.25, 0.3) is 0 Å². The maximum atomic E-state index is 12.7. The predicted molar refractivity (Wildman–Crippen MR) is 95.0 cm³/mol. The largest absolute Gasteiger partial charge is 0.480 e. The lowest BCUT2D eigenvalue weighted by molar-refractivity contribution is -0.138. The van der Waals surface area contributed by atoms with Gasteiger partial charge in [-0.05, 0) is 45.4 Å². The minimum absolute atomic E-state index is 0.00831. The molecule has 1 atom stereocenters. The first-order valence-corrected chi connectivity index (χ1v) is 9.57. The van der Waals surface area contributed by atoms with Crippen molar-refractivity contribution in [2.45, 2.75) is 51.1 Å². The molecule has 0 aliphatic heterocycles. The standard InChI is InChI=1S/C17H26N2O5S/c1-6-13(4)19(11-16(20)21)17(22)14-8-7-9-15(10-14)25(23,24)18(5)12(2)3/h7-10,12-13H,6,11H2,1-5H3,(H,20,21). The molecule has 140 valence electrons. The average Bonchev–Trinajstić information content (AvgIpc) is 2.57. The van der Waals surface area contributed by atoms with E-state index < -0.39 is 28.4 Å². The summed E-state index contributed by atoms with van der Waals surface area (Å²) in [4.78, 5) is 25.0. The molecule has 1 amide bonds. The summed E-state index contributed by atoms with van der Waals surface area (Å²) in [5, 5.41) is 9.05. The van der Waals surface area contributed by atoms with Crippen molar-refractivity contribution in [1.82, 2.24) is 9.21 Å². The Morgan fingerprint density at radius 2 is 1.80 bits per heavy atom. The quantitative estimate of drug-likeness (QED) is 0.755. The molecule has 7 nitrogen and oxygen atoms in total. The summed E-state index contributed by atoms with van der Waals surface area (Å²) in [6.45, 7) is 6.68. The van der Waals surface area contributed by atoms with Crippen molar-refractivity contribution in [3.63, 3.8) is 0 Å². The van der Waals surface area contributed by atoms with Gasteiger partial charge in [-0.25, -0.2) is 8.42 Å². The van der Waals surface area contributed by atoms with Gasteiger partial charge in [-0.15, -0.1) is 0 Å². The Morgan fingerprint density at radius 1 is 1.20 bits per heavy atom. The van der Waals surface area contributed by atoms with E-state index >= 15 is 0 Å². The van der Waals surface area contributed by atoms with E-state index in [1.54, 1.807) is 20.8 Å². The van der Waals surface area contributed by atoms with E-state index in [0.717, 1.165) is 0 Å². The highest BCUT2D eigenvalue weighted by atomic mass is 32.2. The molecular formula is C17H26N2O5S. The van der Waals surface area contributed by atoms with Crippen LogP contribution in [0.2, 0.25) is 0 Å². The Balaban J connectivity index is 3.27. The van der Waals surface area contributed by atoms with E-state index in [1.165, 1.54) is 40.5 Å². The molecule has 0 heterocycles. The summed E-state index contributed by atoms with van der Waals surface area (Å²) in [5.41, 5.74) is 0.153. The van der Waals surface area contributed by atoms with Gasteiger partial charge in [-0.3, -0.25) is 9.59 Å². The lowest BCUT2D eigenvalue weighted by Crippen LogP contribution is -2.42.